The fourth-order valence-electron chi connectivity index (χ4n) is 2.03. The third-order valence-corrected chi connectivity index (χ3v) is 3.13. The summed E-state index contributed by atoms with van der Waals surface area (Å²) in [6.45, 7) is 2.16. The van der Waals surface area contributed by atoms with E-state index in [1.54, 1.807) is 24.5 Å². The molecule has 1 amide bonds. The lowest BCUT2D eigenvalue weighted by Crippen LogP contribution is -2.24. The number of carbonyl (C=O) groups excluding carboxylic acids is 1. The molecule has 1 unspecified atom stereocenters. The summed E-state index contributed by atoms with van der Waals surface area (Å²) in [4.78, 5) is 15.6. The molecule has 0 spiro atoms. The maximum Gasteiger partial charge on any atom is 0.271 e. The highest BCUT2D eigenvalue weighted by molar-refractivity contribution is 5.95. The Labute approximate surface area is 101 Å². The van der Waals surface area contributed by atoms with Crippen molar-refractivity contribution in [3.63, 3.8) is 0 Å². The molecular weight excluding hydrogens is 214 g/mol. The number of rotatable bonds is 2. The summed E-state index contributed by atoms with van der Waals surface area (Å²) in [6, 6.07) is 3.36. The molecule has 90 valence electrons. The van der Waals surface area contributed by atoms with E-state index in [1.807, 2.05) is 0 Å². The summed E-state index contributed by atoms with van der Waals surface area (Å²) in [5.41, 5.74) is 4.32. The average molecular weight is 231 g/mol. The minimum atomic E-state index is -0.169. The van der Waals surface area contributed by atoms with Crippen LogP contribution in [0.3, 0.4) is 0 Å². The Morgan fingerprint density at radius 2 is 2.18 bits per heavy atom. The maximum atomic E-state index is 11.7. The van der Waals surface area contributed by atoms with Crippen LogP contribution in [0.2, 0.25) is 0 Å². The molecule has 4 nitrogen and oxygen atoms in total. The number of hydrogen-bond acceptors (Lipinski definition) is 3. The van der Waals surface area contributed by atoms with Gasteiger partial charge in [0.05, 0.1) is 0 Å². The standard InChI is InChI=1S/C13H17N3O/c1-10-4-2-3-5-12(10)15-16-13(17)11-6-8-14-9-7-11/h6-10H,2-5H2,1H3,(H,16,17)/b15-12+. The highest BCUT2D eigenvalue weighted by Gasteiger charge is 2.16. The van der Waals surface area contributed by atoms with E-state index in [0.29, 0.717) is 11.5 Å². The van der Waals surface area contributed by atoms with Gasteiger partial charge in [0, 0.05) is 23.7 Å². The van der Waals surface area contributed by atoms with Gasteiger partial charge in [-0.3, -0.25) is 9.78 Å². The molecular formula is C13H17N3O. The molecule has 0 aliphatic heterocycles. The van der Waals surface area contributed by atoms with Crippen molar-refractivity contribution in [2.45, 2.75) is 32.6 Å². The van der Waals surface area contributed by atoms with Crippen LogP contribution < -0.4 is 5.43 Å². The molecule has 2 rings (SSSR count). The van der Waals surface area contributed by atoms with Crippen molar-refractivity contribution in [2.75, 3.05) is 0 Å². The summed E-state index contributed by atoms with van der Waals surface area (Å²) >= 11 is 0. The lowest BCUT2D eigenvalue weighted by Gasteiger charge is -2.19. The normalized spacial score (nSPS) is 22.4. The molecule has 1 aliphatic carbocycles. The van der Waals surface area contributed by atoms with E-state index in [0.717, 1.165) is 12.1 Å². The zero-order valence-corrected chi connectivity index (χ0v) is 10.0. The van der Waals surface area contributed by atoms with E-state index >= 15 is 0 Å². The van der Waals surface area contributed by atoms with Crippen molar-refractivity contribution in [1.82, 2.24) is 10.4 Å². The third kappa shape index (κ3) is 3.12. The van der Waals surface area contributed by atoms with Crippen LogP contribution in [0.1, 0.15) is 43.0 Å². The Balaban J connectivity index is 1.97. The largest absolute Gasteiger partial charge is 0.271 e. The molecule has 0 aromatic carbocycles. The molecule has 0 bridgehead atoms. The zero-order chi connectivity index (χ0) is 12.1. The topological polar surface area (TPSA) is 54.4 Å². The third-order valence-electron chi connectivity index (χ3n) is 3.13. The number of amides is 1. The Kier molecular flexibility index (Phi) is 3.85. The van der Waals surface area contributed by atoms with Crippen molar-refractivity contribution < 1.29 is 4.79 Å². The van der Waals surface area contributed by atoms with Crippen LogP contribution in [0.25, 0.3) is 0 Å². The first kappa shape index (κ1) is 11.8. The summed E-state index contributed by atoms with van der Waals surface area (Å²) in [7, 11) is 0. The first-order valence-corrected chi connectivity index (χ1v) is 6.04. The Morgan fingerprint density at radius 1 is 1.41 bits per heavy atom. The Hall–Kier alpha value is -1.71. The van der Waals surface area contributed by atoms with Crippen molar-refractivity contribution in [3.05, 3.63) is 30.1 Å². The van der Waals surface area contributed by atoms with Crippen LogP contribution in [-0.2, 0) is 0 Å². The quantitative estimate of drug-likeness (QED) is 0.794. The van der Waals surface area contributed by atoms with E-state index in [-0.39, 0.29) is 5.91 Å². The lowest BCUT2D eigenvalue weighted by atomic mass is 9.89. The number of hydrazone groups is 1. The smallest absolute Gasteiger partial charge is 0.267 e. The first-order valence-electron chi connectivity index (χ1n) is 6.04. The van der Waals surface area contributed by atoms with Gasteiger partial charge in [0.25, 0.3) is 5.91 Å². The Morgan fingerprint density at radius 3 is 2.88 bits per heavy atom. The van der Waals surface area contributed by atoms with Crippen LogP contribution >= 0.6 is 0 Å². The molecule has 1 aliphatic rings. The predicted octanol–water partition coefficient (Wildman–Crippen LogP) is 2.38. The fraction of sp³-hybridized carbons (Fsp3) is 0.462. The number of nitrogens with zero attached hydrogens (tertiary/aromatic N) is 2. The van der Waals surface area contributed by atoms with Crippen molar-refractivity contribution >= 4 is 11.6 Å². The molecule has 4 heteroatoms. The second-order valence-corrected chi connectivity index (χ2v) is 4.43. The maximum absolute atomic E-state index is 11.7. The van der Waals surface area contributed by atoms with E-state index in [4.69, 9.17) is 0 Å². The van der Waals surface area contributed by atoms with E-state index in [1.165, 1.54) is 19.3 Å². The van der Waals surface area contributed by atoms with Crippen LogP contribution in [-0.4, -0.2) is 16.6 Å². The van der Waals surface area contributed by atoms with Gasteiger partial charge in [-0.05, 0) is 37.3 Å². The highest BCUT2D eigenvalue weighted by atomic mass is 16.2. The lowest BCUT2D eigenvalue weighted by molar-refractivity contribution is 0.0954. The Bertz CT molecular complexity index is 414. The van der Waals surface area contributed by atoms with Gasteiger partial charge in [0.15, 0.2) is 0 Å². The van der Waals surface area contributed by atoms with Gasteiger partial charge in [-0.15, -0.1) is 0 Å². The molecule has 1 aromatic rings. The van der Waals surface area contributed by atoms with E-state index < -0.39 is 0 Å². The van der Waals surface area contributed by atoms with Gasteiger partial charge < -0.3 is 0 Å². The fourth-order valence-corrected chi connectivity index (χ4v) is 2.03. The average Bonchev–Trinajstić information content (AvgIpc) is 2.38. The van der Waals surface area contributed by atoms with E-state index in [2.05, 4.69) is 22.4 Å². The van der Waals surface area contributed by atoms with Gasteiger partial charge >= 0.3 is 0 Å². The molecule has 1 fully saturated rings. The molecule has 1 aromatic heterocycles. The second-order valence-electron chi connectivity index (χ2n) is 4.43. The molecule has 1 saturated carbocycles. The minimum Gasteiger partial charge on any atom is -0.267 e. The highest BCUT2D eigenvalue weighted by Crippen LogP contribution is 2.20. The van der Waals surface area contributed by atoms with Crippen molar-refractivity contribution in [1.29, 1.82) is 0 Å². The first-order chi connectivity index (χ1) is 8.27. The molecule has 1 heterocycles. The monoisotopic (exact) mass is 231 g/mol. The number of pyridine rings is 1. The van der Waals surface area contributed by atoms with Gasteiger partial charge in [0.2, 0.25) is 0 Å². The molecule has 0 radical (unpaired) electrons. The predicted molar refractivity (Wildman–Crippen MR) is 66.8 cm³/mol. The minimum absolute atomic E-state index is 0.169. The number of aromatic nitrogens is 1. The number of carbonyl (C=O) groups is 1. The number of hydrogen-bond donors (Lipinski definition) is 1. The van der Waals surface area contributed by atoms with E-state index in [9.17, 15) is 4.79 Å². The van der Waals surface area contributed by atoms with Gasteiger partial charge in [0.1, 0.15) is 0 Å². The van der Waals surface area contributed by atoms with Gasteiger partial charge in [-0.25, -0.2) is 5.43 Å². The summed E-state index contributed by atoms with van der Waals surface area (Å²) in [6.07, 6.45) is 7.81. The van der Waals surface area contributed by atoms with Crippen LogP contribution in [0.15, 0.2) is 29.6 Å². The van der Waals surface area contributed by atoms with Crippen molar-refractivity contribution in [2.24, 2.45) is 11.0 Å². The van der Waals surface area contributed by atoms with Crippen LogP contribution in [0.4, 0.5) is 0 Å². The summed E-state index contributed by atoms with van der Waals surface area (Å²) in [5, 5.41) is 4.24. The van der Waals surface area contributed by atoms with Crippen molar-refractivity contribution in [3.8, 4) is 0 Å². The SMILES string of the molecule is CC1CCCC/C1=N\NC(=O)c1ccncc1. The molecule has 17 heavy (non-hydrogen) atoms. The summed E-state index contributed by atoms with van der Waals surface area (Å²) < 4.78 is 0. The van der Waals surface area contributed by atoms with Gasteiger partial charge in [-0.2, -0.15) is 5.10 Å². The zero-order valence-electron chi connectivity index (χ0n) is 10.0. The molecule has 0 saturated heterocycles. The number of nitrogens with one attached hydrogen (secondary N) is 1. The van der Waals surface area contributed by atoms with Crippen LogP contribution in [0.5, 0.6) is 0 Å². The van der Waals surface area contributed by atoms with Gasteiger partial charge in [-0.1, -0.05) is 13.3 Å². The molecule has 1 atom stereocenters. The van der Waals surface area contributed by atoms with Crippen LogP contribution in [0, 0.1) is 5.92 Å². The second kappa shape index (κ2) is 5.57. The summed E-state index contributed by atoms with van der Waals surface area (Å²) in [5.74, 6) is 0.319. The molecule has 1 N–H and O–H groups in total.